The van der Waals surface area contributed by atoms with Gasteiger partial charge in [-0.3, -0.25) is 4.79 Å². The maximum Gasteiger partial charge on any atom is 0.142 e. The Kier molecular flexibility index (Phi) is 3.57. The van der Waals surface area contributed by atoms with Crippen molar-refractivity contribution >= 4 is 5.78 Å². The van der Waals surface area contributed by atoms with Crippen LogP contribution in [0.15, 0.2) is 0 Å². The highest BCUT2D eigenvalue weighted by atomic mass is 16.5. The summed E-state index contributed by atoms with van der Waals surface area (Å²) in [5, 5.41) is 21.0. The van der Waals surface area contributed by atoms with Gasteiger partial charge in [0.2, 0.25) is 0 Å². The van der Waals surface area contributed by atoms with Gasteiger partial charge in [-0.2, -0.15) is 0 Å². The van der Waals surface area contributed by atoms with E-state index in [9.17, 15) is 15.0 Å². The number of Topliss-reactive ketones (excluding diaryl/α,β-unsaturated/α-hetero) is 1. The molecule has 0 amide bonds. The zero-order valence-corrected chi connectivity index (χ0v) is 15.4. The molecule has 2 unspecified atom stereocenters. The van der Waals surface area contributed by atoms with Gasteiger partial charge >= 0.3 is 0 Å². The first-order valence-corrected chi connectivity index (χ1v) is 9.63. The highest BCUT2D eigenvalue weighted by Gasteiger charge is 2.61. The Morgan fingerprint density at radius 2 is 1.79 bits per heavy atom. The smallest absolute Gasteiger partial charge is 0.142 e. The van der Waals surface area contributed by atoms with Crippen LogP contribution in [0.1, 0.15) is 59.8 Å². The van der Waals surface area contributed by atoms with Crippen molar-refractivity contribution in [3.8, 4) is 0 Å². The summed E-state index contributed by atoms with van der Waals surface area (Å²) in [6, 6.07) is 0. The number of carbonyl (C=O) groups is 1. The van der Waals surface area contributed by atoms with E-state index in [-0.39, 0.29) is 28.8 Å². The lowest BCUT2D eigenvalue weighted by atomic mass is 9.54. The summed E-state index contributed by atoms with van der Waals surface area (Å²) < 4.78 is 6.14. The molecule has 136 valence electrons. The summed E-state index contributed by atoms with van der Waals surface area (Å²) in [6.07, 6.45) is 3.40. The van der Waals surface area contributed by atoms with Crippen LogP contribution >= 0.6 is 0 Å². The van der Waals surface area contributed by atoms with E-state index in [4.69, 9.17) is 4.74 Å². The highest BCUT2D eigenvalue weighted by Crippen LogP contribution is 2.61. The fourth-order valence-corrected chi connectivity index (χ4v) is 6.64. The standard InChI is InChI=1S/C20H32O4/c1-18(2)14-5-6-19(3)8-12(14)13(10-24-18)17(22)11-7-16(21)20(4,23)9-15(11)19/h11-16,21,23H,5-10H2,1-4H3/t11-,12-,13-,14-,15-,16?,19+,20?/m1/s1. The summed E-state index contributed by atoms with van der Waals surface area (Å²) in [4.78, 5) is 13.4. The molecule has 1 saturated heterocycles. The third-order valence-electron chi connectivity index (χ3n) is 8.23. The van der Waals surface area contributed by atoms with Crippen LogP contribution in [0.4, 0.5) is 0 Å². The van der Waals surface area contributed by atoms with Gasteiger partial charge in [0, 0.05) is 11.8 Å². The van der Waals surface area contributed by atoms with E-state index in [1.165, 1.54) is 0 Å². The minimum absolute atomic E-state index is 0.0205. The Morgan fingerprint density at radius 3 is 2.50 bits per heavy atom. The largest absolute Gasteiger partial charge is 0.390 e. The number of aliphatic hydroxyl groups is 2. The van der Waals surface area contributed by atoms with Crippen molar-refractivity contribution in [1.29, 1.82) is 0 Å². The molecule has 2 bridgehead atoms. The van der Waals surface area contributed by atoms with E-state index in [0.717, 1.165) is 19.3 Å². The molecule has 4 heteroatoms. The van der Waals surface area contributed by atoms with Crippen LogP contribution in [-0.2, 0) is 9.53 Å². The van der Waals surface area contributed by atoms with E-state index in [1.807, 2.05) is 0 Å². The van der Waals surface area contributed by atoms with Crippen molar-refractivity contribution in [2.24, 2.45) is 35.0 Å². The van der Waals surface area contributed by atoms with Gasteiger partial charge in [-0.1, -0.05) is 6.92 Å². The molecule has 4 fully saturated rings. The zero-order valence-electron chi connectivity index (χ0n) is 15.4. The molecule has 1 heterocycles. The van der Waals surface area contributed by atoms with Gasteiger partial charge in [0.1, 0.15) is 5.78 Å². The zero-order chi connectivity index (χ0) is 17.5. The molecule has 4 aliphatic rings. The Labute approximate surface area is 145 Å². The lowest BCUT2D eigenvalue weighted by Gasteiger charge is -2.54. The number of rotatable bonds is 0. The Morgan fingerprint density at radius 1 is 1.08 bits per heavy atom. The first-order chi connectivity index (χ1) is 11.1. The van der Waals surface area contributed by atoms with Crippen LogP contribution in [0.5, 0.6) is 0 Å². The minimum Gasteiger partial charge on any atom is -0.390 e. The number of carbonyl (C=O) groups excluding carboxylic acids is 1. The second-order valence-corrected chi connectivity index (χ2v) is 10.1. The third kappa shape index (κ3) is 2.25. The second-order valence-electron chi connectivity index (χ2n) is 10.1. The van der Waals surface area contributed by atoms with Crippen molar-refractivity contribution in [3.63, 3.8) is 0 Å². The van der Waals surface area contributed by atoms with Gasteiger partial charge in [-0.15, -0.1) is 0 Å². The van der Waals surface area contributed by atoms with Gasteiger partial charge < -0.3 is 14.9 Å². The number of aliphatic hydroxyl groups excluding tert-OH is 1. The lowest BCUT2D eigenvalue weighted by molar-refractivity contribution is -0.174. The molecule has 24 heavy (non-hydrogen) atoms. The Hall–Kier alpha value is -0.450. The average Bonchev–Trinajstić information content (AvgIpc) is 2.54. The molecule has 0 radical (unpaired) electrons. The molecular formula is C20H32O4. The van der Waals surface area contributed by atoms with Crippen molar-refractivity contribution in [2.75, 3.05) is 6.61 Å². The molecule has 4 rings (SSSR count). The van der Waals surface area contributed by atoms with Crippen LogP contribution in [0.25, 0.3) is 0 Å². The quantitative estimate of drug-likeness (QED) is 0.713. The van der Waals surface area contributed by atoms with Gasteiger partial charge in [0.15, 0.2) is 0 Å². The Bertz CT molecular complexity index is 554. The molecule has 4 nitrogen and oxygen atoms in total. The van der Waals surface area contributed by atoms with Crippen LogP contribution in [-0.4, -0.2) is 39.9 Å². The molecule has 0 aromatic rings. The predicted octanol–water partition coefficient (Wildman–Crippen LogP) is 2.55. The first-order valence-electron chi connectivity index (χ1n) is 9.63. The van der Waals surface area contributed by atoms with E-state index in [1.54, 1.807) is 6.92 Å². The number of ether oxygens (including phenoxy) is 1. The van der Waals surface area contributed by atoms with Gasteiger partial charge in [0.25, 0.3) is 0 Å². The number of hydrogen-bond donors (Lipinski definition) is 2. The van der Waals surface area contributed by atoms with Crippen molar-refractivity contribution in [3.05, 3.63) is 0 Å². The second kappa shape index (κ2) is 5.05. The molecule has 0 spiro atoms. The fourth-order valence-electron chi connectivity index (χ4n) is 6.64. The molecule has 0 aromatic heterocycles. The molecule has 3 saturated carbocycles. The number of fused-ring (bicyclic) bond motifs is 3. The molecule has 0 aromatic carbocycles. The summed E-state index contributed by atoms with van der Waals surface area (Å²) in [6.45, 7) is 8.93. The van der Waals surface area contributed by atoms with Crippen molar-refractivity contribution in [1.82, 2.24) is 0 Å². The van der Waals surface area contributed by atoms with Gasteiger partial charge in [-0.05, 0) is 76.0 Å². The molecular weight excluding hydrogens is 304 g/mol. The maximum atomic E-state index is 13.4. The Balaban J connectivity index is 1.76. The monoisotopic (exact) mass is 336 g/mol. The number of hydrogen-bond acceptors (Lipinski definition) is 4. The third-order valence-corrected chi connectivity index (χ3v) is 8.23. The molecule has 1 aliphatic heterocycles. The topological polar surface area (TPSA) is 66.8 Å². The summed E-state index contributed by atoms with van der Waals surface area (Å²) in [5.41, 5.74) is -1.14. The number of ketones is 1. The SMILES string of the molecule is CC1(O)C[C@@H]2[C@@H](CC1O)C(=O)[C@@H]1COC(C)(C)[C@@H]3CC[C@@]2(C)C[C@@H]31. The normalized spacial score (nSPS) is 56.3. The lowest BCUT2D eigenvalue weighted by Crippen LogP contribution is -2.53. The van der Waals surface area contributed by atoms with Crippen molar-refractivity contribution < 1.29 is 19.7 Å². The van der Waals surface area contributed by atoms with Gasteiger partial charge in [0.05, 0.1) is 23.9 Å². The van der Waals surface area contributed by atoms with Crippen LogP contribution in [0.3, 0.4) is 0 Å². The summed E-state index contributed by atoms with van der Waals surface area (Å²) in [5.74, 6) is 1.17. The first kappa shape index (κ1) is 17.0. The summed E-state index contributed by atoms with van der Waals surface area (Å²) >= 11 is 0. The maximum absolute atomic E-state index is 13.4. The minimum atomic E-state index is -1.08. The van der Waals surface area contributed by atoms with Crippen LogP contribution in [0.2, 0.25) is 0 Å². The van der Waals surface area contributed by atoms with Gasteiger partial charge in [-0.25, -0.2) is 0 Å². The van der Waals surface area contributed by atoms with Crippen LogP contribution < -0.4 is 0 Å². The average molecular weight is 336 g/mol. The molecule has 3 aliphatic carbocycles. The van der Waals surface area contributed by atoms with E-state index in [2.05, 4.69) is 20.8 Å². The van der Waals surface area contributed by atoms with E-state index in [0.29, 0.717) is 37.1 Å². The molecule has 8 atom stereocenters. The highest BCUT2D eigenvalue weighted by molar-refractivity contribution is 5.85. The predicted molar refractivity (Wildman–Crippen MR) is 90.3 cm³/mol. The van der Waals surface area contributed by atoms with E-state index < -0.39 is 11.7 Å². The van der Waals surface area contributed by atoms with E-state index >= 15 is 0 Å². The van der Waals surface area contributed by atoms with Crippen molar-refractivity contribution in [2.45, 2.75) is 77.1 Å². The van der Waals surface area contributed by atoms with Crippen LogP contribution in [0, 0.1) is 35.0 Å². The molecule has 2 N–H and O–H groups in total. The summed E-state index contributed by atoms with van der Waals surface area (Å²) in [7, 11) is 0. The fraction of sp³-hybridized carbons (Fsp3) is 0.950.